The summed E-state index contributed by atoms with van der Waals surface area (Å²) < 4.78 is 5.71. The number of hydrogen-bond donors (Lipinski definition) is 1. The molecule has 0 aliphatic carbocycles. The minimum absolute atomic E-state index is 0.280. The zero-order valence-corrected chi connectivity index (χ0v) is 11.0. The quantitative estimate of drug-likeness (QED) is 0.644. The SMILES string of the molecule is CC(c1ccccc1)c1c(S)oc2ccccc12. The number of furan rings is 1. The molecule has 0 saturated heterocycles. The first kappa shape index (κ1) is 11.4. The van der Waals surface area contributed by atoms with Crippen molar-refractivity contribution >= 4 is 23.6 Å². The van der Waals surface area contributed by atoms with E-state index in [9.17, 15) is 0 Å². The number of rotatable bonds is 2. The third-order valence-corrected chi connectivity index (χ3v) is 3.68. The monoisotopic (exact) mass is 254 g/mol. The molecule has 3 rings (SSSR count). The smallest absolute Gasteiger partial charge is 0.162 e. The molecule has 0 bridgehead atoms. The zero-order valence-electron chi connectivity index (χ0n) is 10.1. The van der Waals surface area contributed by atoms with Crippen LogP contribution in [0.2, 0.25) is 0 Å². The van der Waals surface area contributed by atoms with Crippen molar-refractivity contribution in [1.29, 1.82) is 0 Å². The Labute approximate surface area is 112 Å². The highest BCUT2D eigenvalue weighted by atomic mass is 32.1. The van der Waals surface area contributed by atoms with Crippen LogP contribution < -0.4 is 0 Å². The predicted octanol–water partition coefficient (Wildman–Crippen LogP) is 4.87. The summed E-state index contributed by atoms with van der Waals surface area (Å²) in [6, 6.07) is 18.5. The molecule has 18 heavy (non-hydrogen) atoms. The van der Waals surface area contributed by atoms with E-state index in [1.807, 2.05) is 24.3 Å². The van der Waals surface area contributed by atoms with Crippen molar-refractivity contribution in [2.75, 3.05) is 0 Å². The summed E-state index contributed by atoms with van der Waals surface area (Å²) in [6.07, 6.45) is 0. The van der Waals surface area contributed by atoms with Gasteiger partial charge in [0, 0.05) is 16.9 Å². The molecule has 0 saturated carbocycles. The molecule has 0 amide bonds. The second-order valence-electron chi connectivity index (χ2n) is 4.45. The Hall–Kier alpha value is -1.67. The third-order valence-electron chi connectivity index (χ3n) is 3.35. The molecule has 3 aromatic rings. The van der Waals surface area contributed by atoms with Gasteiger partial charge in [-0.2, -0.15) is 0 Å². The number of hydrogen-bond acceptors (Lipinski definition) is 2. The Morgan fingerprint density at radius 1 is 0.944 bits per heavy atom. The van der Waals surface area contributed by atoms with E-state index in [1.165, 1.54) is 11.1 Å². The molecule has 0 fully saturated rings. The Morgan fingerprint density at radius 2 is 1.61 bits per heavy atom. The summed E-state index contributed by atoms with van der Waals surface area (Å²) in [4.78, 5) is 0. The fourth-order valence-corrected chi connectivity index (χ4v) is 2.79. The van der Waals surface area contributed by atoms with Crippen molar-refractivity contribution < 1.29 is 4.42 Å². The van der Waals surface area contributed by atoms with E-state index in [0.717, 1.165) is 11.0 Å². The van der Waals surface area contributed by atoms with E-state index >= 15 is 0 Å². The highest BCUT2D eigenvalue weighted by Gasteiger charge is 2.18. The maximum Gasteiger partial charge on any atom is 0.162 e. The molecular weight excluding hydrogens is 240 g/mol. The molecule has 0 N–H and O–H groups in total. The first-order valence-electron chi connectivity index (χ1n) is 6.02. The number of fused-ring (bicyclic) bond motifs is 1. The van der Waals surface area contributed by atoms with Gasteiger partial charge in [-0.3, -0.25) is 0 Å². The average Bonchev–Trinajstić information content (AvgIpc) is 2.75. The van der Waals surface area contributed by atoms with Crippen LogP contribution in [0, 0.1) is 0 Å². The van der Waals surface area contributed by atoms with Gasteiger partial charge in [0.15, 0.2) is 5.09 Å². The fourth-order valence-electron chi connectivity index (χ4n) is 2.38. The minimum Gasteiger partial charge on any atom is -0.450 e. The first-order valence-corrected chi connectivity index (χ1v) is 6.47. The van der Waals surface area contributed by atoms with Gasteiger partial charge in [-0.15, -0.1) is 12.6 Å². The van der Waals surface area contributed by atoms with Crippen LogP contribution in [0.5, 0.6) is 0 Å². The molecule has 1 aromatic heterocycles. The van der Waals surface area contributed by atoms with Crippen LogP contribution >= 0.6 is 12.6 Å². The van der Waals surface area contributed by atoms with E-state index in [1.54, 1.807) is 0 Å². The normalized spacial score (nSPS) is 12.8. The van der Waals surface area contributed by atoms with Gasteiger partial charge in [-0.25, -0.2) is 0 Å². The Balaban J connectivity index is 2.17. The molecule has 0 radical (unpaired) electrons. The van der Waals surface area contributed by atoms with Gasteiger partial charge in [0.05, 0.1) is 0 Å². The molecule has 2 heteroatoms. The highest BCUT2D eigenvalue weighted by molar-refractivity contribution is 7.80. The molecule has 1 heterocycles. The van der Waals surface area contributed by atoms with Gasteiger partial charge in [0.2, 0.25) is 0 Å². The van der Waals surface area contributed by atoms with Crippen LogP contribution in [-0.4, -0.2) is 0 Å². The van der Waals surface area contributed by atoms with Crippen LogP contribution in [-0.2, 0) is 0 Å². The molecule has 1 nitrogen and oxygen atoms in total. The van der Waals surface area contributed by atoms with Crippen molar-refractivity contribution in [1.82, 2.24) is 0 Å². The summed E-state index contributed by atoms with van der Waals surface area (Å²) in [5.41, 5.74) is 3.35. The largest absolute Gasteiger partial charge is 0.450 e. The average molecular weight is 254 g/mol. The van der Waals surface area contributed by atoms with E-state index in [-0.39, 0.29) is 5.92 Å². The number of thiol groups is 1. The van der Waals surface area contributed by atoms with Crippen LogP contribution in [0.1, 0.15) is 24.0 Å². The van der Waals surface area contributed by atoms with E-state index in [2.05, 4.69) is 49.9 Å². The van der Waals surface area contributed by atoms with Gasteiger partial charge >= 0.3 is 0 Å². The Morgan fingerprint density at radius 3 is 2.39 bits per heavy atom. The summed E-state index contributed by atoms with van der Waals surface area (Å²) in [5.74, 6) is 0.280. The zero-order chi connectivity index (χ0) is 12.5. The summed E-state index contributed by atoms with van der Waals surface area (Å²) >= 11 is 4.48. The van der Waals surface area contributed by atoms with Crippen molar-refractivity contribution in [2.24, 2.45) is 0 Å². The highest BCUT2D eigenvalue weighted by Crippen LogP contribution is 2.37. The van der Waals surface area contributed by atoms with Crippen molar-refractivity contribution in [3.8, 4) is 0 Å². The lowest BCUT2D eigenvalue weighted by atomic mass is 9.93. The van der Waals surface area contributed by atoms with Gasteiger partial charge in [0.25, 0.3) is 0 Å². The topological polar surface area (TPSA) is 13.1 Å². The second-order valence-corrected chi connectivity index (χ2v) is 4.86. The second kappa shape index (κ2) is 4.54. The molecule has 0 aliphatic heterocycles. The summed E-state index contributed by atoms with van der Waals surface area (Å²) in [7, 11) is 0. The predicted molar refractivity (Wildman–Crippen MR) is 77.4 cm³/mol. The molecular formula is C16H14OS. The Kier molecular flexibility index (Phi) is 2.88. The van der Waals surface area contributed by atoms with Crippen molar-refractivity contribution in [3.63, 3.8) is 0 Å². The van der Waals surface area contributed by atoms with Gasteiger partial charge in [-0.05, 0) is 11.6 Å². The van der Waals surface area contributed by atoms with Crippen LogP contribution in [0.3, 0.4) is 0 Å². The van der Waals surface area contributed by atoms with E-state index in [4.69, 9.17) is 4.42 Å². The van der Waals surface area contributed by atoms with E-state index in [0.29, 0.717) is 5.09 Å². The van der Waals surface area contributed by atoms with Crippen LogP contribution in [0.15, 0.2) is 64.1 Å². The van der Waals surface area contributed by atoms with Crippen molar-refractivity contribution in [3.05, 3.63) is 65.7 Å². The maximum atomic E-state index is 5.71. The van der Waals surface area contributed by atoms with Crippen molar-refractivity contribution in [2.45, 2.75) is 17.9 Å². The van der Waals surface area contributed by atoms with Gasteiger partial charge in [-0.1, -0.05) is 55.5 Å². The third kappa shape index (κ3) is 1.83. The molecule has 2 aromatic carbocycles. The van der Waals surface area contributed by atoms with E-state index < -0.39 is 0 Å². The van der Waals surface area contributed by atoms with Gasteiger partial charge < -0.3 is 4.42 Å². The van der Waals surface area contributed by atoms with Crippen LogP contribution in [0.4, 0.5) is 0 Å². The number of para-hydroxylation sites is 1. The molecule has 0 spiro atoms. The first-order chi connectivity index (χ1) is 8.77. The Bertz CT molecular complexity index is 670. The molecule has 1 atom stereocenters. The lowest BCUT2D eigenvalue weighted by Crippen LogP contribution is -1.95. The minimum atomic E-state index is 0.280. The van der Waals surface area contributed by atoms with Gasteiger partial charge in [0.1, 0.15) is 5.58 Å². The molecule has 0 aliphatic rings. The lowest BCUT2D eigenvalue weighted by Gasteiger charge is -2.11. The number of benzene rings is 2. The standard InChI is InChI=1S/C16H14OS/c1-11(12-7-3-2-4-8-12)15-13-9-5-6-10-14(13)17-16(15)18/h2-11,18H,1H3. The lowest BCUT2D eigenvalue weighted by molar-refractivity contribution is 0.506. The summed E-state index contributed by atoms with van der Waals surface area (Å²) in [6.45, 7) is 2.19. The summed E-state index contributed by atoms with van der Waals surface area (Å²) in [5, 5.41) is 1.87. The molecule has 90 valence electrons. The maximum absolute atomic E-state index is 5.71. The molecule has 1 unspecified atom stereocenters. The fraction of sp³-hybridized carbons (Fsp3) is 0.125. The van der Waals surface area contributed by atoms with Crippen LogP contribution in [0.25, 0.3) is 11.0 Å².